The summed E-state index contributed by atoms with van der Waals surface area (Å²) in [5.74, 6) is -0.118. The zero-order valence-corrected chi connectivity index (χ0v) is 12.5. The molecule has 1 saturated heterocycles. The zero-order chi connectivity index (χ0) is 15.2. The molecule has 0 saturated carbocycles. The minimum Gasteiger partial charge on any atom is -0.462 e. The maximum absolute atomic E-state index is 12.3. The lowest BCUT2D eigenvalue weighted by molar-refractivity contribution is -0.119. The molecule has 2 unspecified atom stereocenters. The Morgan fingerprint density at radius 3 is 2.95 bits per heavy atom. The van der Waals surface area contributed by atoms with Crippen LogP contribution in [-0.4, -0.2) is 31.1 Å². The highest BCUT2D eigenvalue weighted by atomic mass is 16.5. The van der Waals surface area contributed by atoms with Crippen molar-refractivity contribution in [3.63, 3.8) is 0 Å². The van der Waals surface area contributed by atoms with Crippen molar-refractivity contribution in [3.8, 4) is 0 Å². The van der Waals surface area contributed by atoms with Crippen molar-refractivity contribution in [3.05, 3.63) is 29.8 Å². The van der Waals surface area contributed by atoms with Gasteiger partial charge >= 0.3 is 5.97 Å². The molecule has 2 atom stereocenters. The van der Waals surface area contributed by atoms with Crippen LogP contribution in [0.15, 0.2) is 24.3 Å². The average Bonchev–Trinajstić information content (AvgIpc) is 2.48. The Kier molecular flexibility index (Phi) is 5.33. The van der Waals surface area contributed by atoms with Gasteiger partial charge in [-0.05, 0) is 50.4 Å². The van der Waals surface area contributed by atoms with Gasteiger partial charge in [-0.2, -0.15) is 0 Å². The number of esters is 1. The molecule has 21 heavy (non-hydrogen) atoms. The molecule has 1 aromatic rings. The lowest BCUT2D eigenvalue weighted by Gasteiger charge is -2.28. The van der Waals surface area contributed by atoms with Gasteiger partial charge in [-0.25, -0.2) is 4.79 Å². The molecule has 0 bridgehead atoms. The van der Waals surface area contributed by atoms with E-state index in [2.05, 4.69) is 17.6 Å². The Labute approximate surface area is 125 Å². The van der Waals surface area contributed by atoms with Gasteiger partial charge in [-0.3, -0.25) is 4.79 Å². The molecule has 114 valence electrons. The number of anilines is 1. The molecule has 1 amide bonds. The first-order valence-corrected chi connectivity index (χ1v) is 7.43. The van der Waals surface area contributed by atoms with Crippen LogP contribution in [0.25, 0.3) is 0 Å². The Morgan fingerprint density at radius 2 is 2.24 bits per heavy atom. The topological polar surface area (TPSA) is 67.4 Å². The summed E-state index contributed by atoms with van der Waals surface area (Å²) >= 11 is 0. The second-order valence-corrected chi connectivity index (χ2v) is 5.34. The molecule has 1 aliphatic rings. The third-order valence-corrected chi connectivity index (χ3v) is 3.69. The number of hydrogen-bond acceptors (Lipinski definition) is 4. The SMILES string of the molecule is CCOC(=O)c1cccc(NC(=O)C2NCCCC2C)c1. The van der Waals surface area contributed by atoms with Crippen LogP contribution in [0.4, 0.5) is 5.69 Å². The van der Waals surface area contributed by atoms with Gasteiger partial charge in [0.1, 0.15) is 0 Å². The van der Waals surface area contributed by atoms with Gasteiger partial charge in [-0.15, -0.1) is 0 Å². The second-order valence-electron chi connectivity index (χ2n) is 5.34. The van der Waals surface area contributed by atoms with Gasteiger partial charge in [0, 0.05) is 5.69 Å². The fraction of sp³-hybridized carbons (Fsp3) is 0.500. The molecule has 1 aliphatic heterocycles. The number of ether oxygens (including phenoxy) is 1. The van der Waals surface area contributed by atoms with Crippen molar-refractivity contribution >= 4 is 17.6 Å². The predicted molar refractivity (Wildman–Crippen MR) is 81.2 cm³/mol. The van der Waals surface area contributed by atoms with Crippen LogP contribution in [0.1, 0.15) is 37.0 Å². The summed E-state index contributed by atoms with van der Waals surface area (Å²) in [6, 6.07) is 6.65. The molecule has 1 aromatic carbocycles. The van der Waals surface area contributed by atoms with Crippen LogP contribution < -0.4 is 10.6 Å². The minimum atomic E-state index is -0.377. The summed E-state index contributed by atoms with van der Waals surface area (Å²) in [4.78, 5) is 24.0. The van der Waals surface area contributed by atoms with E-state index >= 15 is 0 Å². The summed E-state index contributed by atoms with van der Waals surface area (Å²) in [6.07, 6.45) is 2.15. The third-order valence-electron chi connectivity index (χ3n) is 3.69. The van der Waals surface area contributed by atoms with E-state index in [1.165, 1.54) is 0 Å². The van der Waals surface area contributed by atoms with Crippen LogP contribution in [0, 0.1) is 5.92 Å². The number of rotatable bonds is 4. The number of nitrogens with one attached hydrogen (secondary N) is 2. The largest absolute Gasteiger partial charge is 0.462 e. The van der Waals surface area contributed by atoms with Gasteiger partial charge in [-0.1, -0.05) is 13.0 Å². The first-order valence-electron chi connectivity index (χ1n) is 7.43. The van der Waals surface area contributed by atoms with Crippen molar-refractivity contribution in [1.82, 2.24) is 5.32 Å². The van der Waals surface area contributed by atoms with E-state index in [0.29, 0.717) is 23.8 Å². The average molecular weight is 290 g/mol. The number of hydrogen-bond donors (Lipinski definition) is 2. The minimum absolute atomic E-state index is 0.0526. The summed E-state index contributed by atoms with van der Waals surface area (Å²) in [6.45, 7) is 5.04. The number of amides is 1. The molecule has 0 aromatic heterocycles. The third kappa shape index (κ3) is 4.04. The van der Waals surface area contributed by atoms with Crippen molar-refractivity contribution < 1.29 is 14.3 Å². The fourth-order valence-electron chi connectivity index (χ4n) is 2.56. The van der Waals surface area contributed by atoms with Crippen LogP contribution in [0.3, 0.4) is 0 Å². The number of piperidine rings is 1. The summed E-state index contributed by atoms with van der Waals surface area (Å²) in [5.41, 5.74) is 1.06. The molecule has 2 N–H and O–H groups in total. The Morgan fingerprint density at radius 1 is 1.43 bits per heavy atom. The van der Waals surface area contributed by atoms with Crippen molar-refractivity contribution in [2.45, 2.75) is 32.7 Å². The lowest BCUT2D eigenvalue weighted by atomic mass is 9.92. The number of carbonyl (C=O) groups excluding carboxylic acids is 2. The summed E-state index contributed by atoms with van der Waals surface area (Å²) in [5, 5.41) is 6.11. The smallest absolute Gasteiger partial charge is 0.338 e. The number of benzene rings is 1. The van der Waals surface area contributed by atoms with E-state index in [1.807, 2.05) is 0 Å². The lowest BCUT2D eigenvalue weighted by Crippen LogP contribution is -2.48. The van der Waals surface area contributed by atoms with Crippen LogP contribution in [-0.2, 0) is 9.53 Å². The van der Waals surface area contributed by atoms with Gasteiger partial charge in [0.2, 0.25) is 5.91 Å². The molecule has 0 spiro atoms. The monoisotopic (exact) mass is 290 g/mol. The van der Waals surface area contributed by atoms with Crippen LogP contribution in [0.2, 0.25) is 0 Å². The van der Waals surface area contributed by atoms with Gasteiger partial charge in [0.15, 0.2) is 0 Å². The molecule has 2 rings (SSSR count). The van der Waals surface area contributed by atoms with Crippen molar-refractivity contribution in [2.75, 3.05) is 18.5 Å². The molecule has 0 radical (unpaired) electrons. The molecular formula is C16H22N2O3. The number of carbonyl (C=O) groups is 2. The van der Waals surface area contributed by atoms with Crippen molar-refractivity contribution in [1.29, 1.82) is 0 Å². The molecule has 0 aliphatic carbocycles. The van der Waals surface area contributed by atoms with Gasteiger partial charge in [0.25, 0.3) is 0 Å². The highest BCUT2D eigenvalue weighted by molar-refractivity contribution is 5.97. The molecule has 5 heteroatoms. The highest BCUT2D eigenvalue weighted by Crippen LogP contribution is 2.18. The van der Waals surface area contributed by atoms with E-state index in [1.54, 1.807) is 31.2 Å². The van der Waals surface area contributed by atoms with Crippen LogP contribution in [0.5, 0.6) is 0 Å². The maximum Gasteiger partial charge on any atom is 0.338 e. The molecule has 1 fully saturated rings. The maximum atomic E-state index is 12.3. The van der Waals surface area contributed by atoms with E-state index in [9.17, 15) is 9.59 Å². The van der Waals surface area contributed by atoms with E-state index in [4.69, 9.17) is 4.74 Å². The highest BCUT2D eigenvalue weighted by Gasteiger charge is 2.27. The zero-order valence-electron chi connectivity index (χ0n) is 12.5. The normalized spacial score (nSPS) is 21.6. The molecular weight excluding hydrogens is 268 g/mol. The first kappa shape index (κ1) is 15.5. The van der Waals surface area contributed by atoms with Gasteiger partial charge in [0.05, 0.1) is 18.2 Å². The van der Waals surface area contributed by atoms with Gasteiger partial charge < -0.3 is 15.4 Å². The Hall–Kier alpha value is -1.88. The summed E-state index contributed by atoms with van der Waals surface area (Å²) < 4.78 is 4.96. The standard InChI is InChI=1S/C16H22N2O3/c1-3-21-16(20)12-7-4-8-13(10-12)18-15(19)14-11(2)6-5-9-17-14/h4,7-8,10-11,14,17H,3,5-6,9H2,1-2H3,(H,18,19). The molecule has 5 nitrogen and oxygen atoms in total. The molecule has 1 heterocycles. The predicted octanol–water partition coefficient (Wildman–Crippen LogP) is 2.19. The Balaban J connectivity index is 2.03. The quantitative estimate of drug-likeness (QED) is 0.834. The first-order chi connectivity index (χ1) is 10.1. The van der Waals surface area contributed by atoms with E-state index in [-0.39, 0.29) is 17.9 Å². The van der Waals surface area contributed by atoms with Crippen LogP contribution >= 0.6 is 0 Å². The van der Waals surface area contributed by atoms with E-state index < -0.39 is 0 Å². The fourth-order valence-corrected chi connectivity index (χ4v) is 2.56. The summed E-state index contributed by atoms with van der Waals surface area (Å²) in [7, 11) is 0. The van der Waals surface area contributed by atoms with E-state index in [0.717, 1.165) is 19.4 Å². The van der Waals surface area contributed by atoms with Crippen molar-refractivity contribution in [2.24, 2.45) is 5.92 Å². The Bertz CT molecular complexity index is 516. The second kappa shape index (κ2) is 7.22.